The second kappa shape index (κ2) is 22.5. The molecule has 4 aliphatic carbocycles. The molecule has 2 unspecified atom stereocenters. The number of aryl methyl sites for hydroxylation is 2. The fraction of sp³-hybridized carbons (Fsp3) is 0.574. The summed E-state index contributed by atoms with van der Waals surface area (Å²) >= 11 is 1.55. The monoisotopic (exact) mass is 1030 g/mol. The summed E-state index contributed by atoms with van der Waals surface area (Å²) in [5.74, 6) is 0.475. The first-order valence-electron chi connectivity index (χ1n) is 26.2. The number of unbranched alkanes of at least 4 members (excludes halogenated alkanes) is 2. The number of carbonyl (C=O) groups excluding carboxylic acids is 1. The lowest BCUT2D eigenvalue weighted by atomic mass is 9.39. The summed E-state index contributed by atoms with van der Waals surface area (Å²) in [6.45, 7) is 16.4. The number of benzene rings is 1. The third-order valence-corrected chi connectivity index (χ3v) is 15.9. The topological polar surface area (TPSA) is 213 Å². The number of carboxylic acids is 1. The number of hydrogen-bond donors (Lipinski definition) is 3. The molecule has 4 atom stereocenters. The molecule has 74 heavy (non-hydrogen) atoms. The number of nitrogens with zero attached hydrogens (tertiary/aromatic N) is 11. The molecule has 1 aromatic carbocycles. The van der Waals surface area contributed by atoms with Crippen molar-refractivity contribution in [2.75, 3.05) is 70.4 Å². The molecule has 10 rings (SSSR count). The fourth-order valence-corrected chi connectivity index (χ4v) is 13.7. The van der Waals surface area contributed by atoms with Crippen molar-refractivity contribution in [2.45, 2.75) is 124 Å². The Morgan fingerprint density at radius 1 is 0.851 bits per heavy atom. The van der Waals surface area contributed by atoms with Crippen LogP contribution < -0.4 is 15.5 Å². The molecule has 4 saturated carbocycles. The van der Waals surface area contributed by atoms with Crippen LogP contribution in [-0.2, 0) is 38.7 Å². The van der Waals surface area contributed by atoms with Crippen molar-refractivity contribution < 1.29 is 28.9 Å². The predicted octanol–water partition coefficient (Wildman–Crippen LogP) is 8.76. The van der Waals surface area contributed by atoms with Gasteiger partial charge in [0.15, 0.2) is 22.5 Å². The van der Waals surface area contributed by atoms with Gasteiger partial charge in [0.25, 0.3) is 0 Å². The number of likely N-dealkylation sites (N-methyl/N-ethyl adjacent to an activating group) is 1. The van der Waals surface area contributed by atoms with Crippen LogP contribution in [0.3, 0.4) is 0 Å². The predicted molar refractivity (Wildman–Crippen MR) is 285 cm³/mol. The molecule has 0 aliphatic heterocycles. The summed E-state index contributed by atoms with van der Waals surface area (Å²) in [4.78, 5) is 38.4. The lowest BCUT2D eigenvalue weighted by Gasteiger charge is -2.69. The van der Waals surface area contributed by atoms with Crippen LogP contribution in [0.1, 0.15) is 112 Å². The van der Waals surface area contributed by atoms with E-state index in [2.05, 4.69) is 70.5 Å². The summed E-state index contributed by atoms with van der Waals surface area (Å²) in [5, 5.41) is 40.6. The summed E-state index contributed by atoms with van der Waals surface area (Å²) in [5.41, 5.74) is 4.95. The normalized spacial score (nSPS) is 22.0. The number of fused-ring (bicyclic) bond motifs is 1. The van der Waals surface area contributed by atoms with E-state index in [-0.39, 0.29) is 33.4 Å². The fourth-order valence-electron chi connectivity index (χ4n) is 12.9. The number of rotatable bonds is 27. The second-order valence-corrected chi connectivity index (χ2v) is 23.1. The number of pyridine rings is 1. The highest BCUT2D eigenvalue weighted by atomic mass is 32.1. The van der Waals surface area contributed by atoms with Gasteiger partial charge in [-0.1, -0.05) is 49.5 Å². The smallest absolute Gasteiger partial charge is 0.355 e. The Morgan fingerprint density at radius 2 is 1.65 bits per heavy atom. The number of nitrogens with one attached hydrogen (secondary N) is 2. The van der Waals surface area contributed by atoms with Crippen LogP contribution >= 0.6 is 11.3 Å². The molecule has 396 valence electrons. The Kier molecular flexibility index (Phi) is 16.1. The zero-order valence-corrected chi connectivity index (χ0v) is 45.0. The molecule has 6 aromatic rings. The standard InChI is InChI=1S/C54H73N13O6S/c1-8-46(68)55-18-22-71-24-25-72-29-39-28-65(63-60-39)19-12-9-13-20-66(45-26-37(2)48(62-61-45)59-50-57-42-14-10-11-15-43(42)74-50)44-17-16-40(47(58-44)49(69)70)41-27-56-67(38(41)3)36-53-31-51(4)30-52(5,32-53)34-54(33-51,35-53)73-23-21-64(6)7/h10-11,14-17,26-28H,8-9,12-13,18-25,29-36H2,1-7H3,(H,55,68)(H,69,70)(H,57,59,62)/t51-,52+,53?,54?. The number of thiazole rings is 1. The minimum absolute atomic E-state index is 0.00368. The Morgan fingerprint density at radius 3 is 2.41 bits per heavy atom. The Bertz CT molecular complexity index is 2870. The van der Waals surface area contributed by atoms with Crippen LogP contribution in [0.25, 0.3) is 21.3 Å². The molecule has 20 heteroatoms. The van der Waals surface area contributed by atoms with Crippen LogP contribution in [0.4, 0.5) is 22.6 Å². The average Bonchev–Trinajstić information content (AvgIpc) is 4.12. The van der Waals surface area contributed by atoms with Gasteiger partial charge in [-0.25, -0.2) is 14.8 Å². The SMILES string of the molecule is CCC(=O)NCCOCCOCc1cn(CCCCCN(c2cc(C)c(Nc3nc4ccccc4s3)nn2)c2ccc(-c3cnn(CC45CC6(OCCN(C)C)C[C@](C)(C4)C[C@](C)(C5)C6)c3C)c(C(=O)O)n2)nn1. The molecule has 4 bridgehead atoms. The van der Waals surface area contributed by atoms with E-state index in [9.17, 15) is 14.7 Å². The largest absolute Gasteiger partial charge is 0.476 e. The number of anilines is 4. The summed E-state index contributed by atoms with van der Waals surface area (Å²) in [6.07, 6.45) is 13.3. The molecule has 1 amide bonds. The van der Waals surface area contributed by atoms with Gasteiger partial charge in [0.05, 0.1) is 61.2 Å². The van der Waals surface area contributed by atoms with E-state index < -0.39 is 5.97 Å². The third kappa shape index (κ3) is 12.4. The van der Waals surface area contributed by atoms with E-state index in [1.54, 1.807) is 11.3 Å². The van der Waals surface area contributed by atoms with Gasteiger partial charge < -0.3 is 39.8 Å². The number of ether oxygens (including phenoxy) is 3. The van der Waals surface area contributed by atoms with Crippen molar-refractivity contribution in [2.24, 2.45) is 16.2 Å². The number of aromatic carboxylic acids is 1. The van der Waals surface area contributed by atoms with Crippen molar-refractivity contribution in [1.29, 1.82) is 0 Å². The molecule has 3 N–H and O–H groups in total. The first-order chi connectivity index (χ1) is 35.5. The van der Waals surface area contributed by atoms with Crippen LogP contribution in [0.15, 0.2) is 54.9 Å². The van der Waals surface area contributed by atoms with Gasteiger partial charge >= 0.3 is 5.97 Å². The van der Waals surface area contributed by atoms with E-state index in [0.717, 1.165) is 104 Å². The maximum atomic E-state index is 13.3. The summed E-state index contributed by atoms with van der Waals surface area (Å²) < 4.78 is 23.2. The summed E-state index contributed by atoms with van der Waals surface area (Å²) in [6, 6.07) is 13.7. The first-order valence-corrected chi connectivity index (χ1v) is 27.0. The quantitative estimate of drug-likeness (QED) is 0.0412. The highest BCUT2D eigenvalue weighted by molar-refractivity contribution is 7.22. The average molecular weight is 1030 g/mol. The maximum Gasteiger partial charge on any atom is 0.355 e. The van der Waals surface area contributed by atoms with E-state index in [1.807, 2.05) is 78.3 Å². The number of para-hydroxylation sites is 1. The number of aromatic nitrogens is 9. The van der Waals surface area contributed by atoms with Crippen molar-refractivity contribution in [3.8, 4) is 11.1 Å². The van der Waals surface area contributed by atoms with E-state index in [1.165, 1.54) is 6.42 Å². The van der Waals surface area contributed by atoms with E-state index in [4.69, 9.17) is 34.4 Å². The minimum atomic E-state index is -1.12. The van der Waals surface area contributed by atoms with E-state index in [0.29, 0.717) is 80.6 Å². The molecular weight excluding hydrogens is 959 g/mol. The van der Waals surface area contributed by atoms with Crippen molar-refractivity contribution >= 4 is 56.0 Å². The van der Waals surface area contributed by atoms with Crippen LogP contribution in [-0.4, -0.2) is 133 Å². The molecule has 4 aliphatic rings. The van der Waals surface area contributed by atoms with Gasteiger partial charge in [-0.2, -0.15) is 5.10 Å². The van der Waals surface area contributed by atoms with Gasteiger partial charge in [-0.05, 0) is 138 Å². The third-order valence-electron chi connectivity index (χ3n) is 15.0. The van der Waals surface area contributed by atoms with E-state index >= 15 is 0 Å². The molecule has 4 fully saturated rings. The number of amides is 1. The van der Waals surface area contributed by atoms with Crippen molar-refractivity contribution in [3.63, 3.8) is 0 Å². The Hall–Kier alpha value is -5.93. The van der Waals surface area contributed by atoms with Crippen molar-refractivity contribution in [1.82, 2.24) is 55.2 Å². The minimum Gasteiger partial charge on any atom is -0.476 e. The zero-order valence-electron chi connectivity index (χ0n) is 44.2. The lowest BCUT2D eigenvalue weighted by molar-refractivity contribution is -0.248. The molecule has 0 saturated heterocycles. The molecule has 19 nitrogen and oxygen atoms in total. The Balaban J connectivity index is 0.893. The molecule has 5 aromatic heterocycles. The van der Waals surface area contributed by atoms with Crippen LogP contribution in [0.5, 0.6) is 0 Å². The van der Waals surface area contributed by atoms with Crippen LogP contribution in [0, 0.1) is 30.1 Å². The van der Waals surface area contributed by atoms with Gasteiger partial charge in [0.1, 0.15) is 11.5 Å². The number of carbonyl (C=O) groups is 2. The van der Waals surface area contributed by atoms with Crippen molar-refractivity contribution in [3.05, 3.63) is 77.5 Å². The summed E-state index contributed by atoms with van der Waals surface area (Å²) in [7, 11) is 4.19. The molecule has 0 spiro atoms. The molecular formula is C54H73N13O6S. The first kappa shape index (κ1) is 52.9. The molecule has 5 heterocycles. The van der Waals surface area contributed by atoms with Gasteiger partial charge in [-0.3, -0.25) is 14.2 Å². The zero-order chi connectivity index (χ0) is 52.1. The van der Waals surface area contributed by atoms with Crippen LogP contribution in [0.2, 0.25) is 0 Å². The van der Waals surface area contributed by atoms with Gasteiger partial charge in [0, 0.05) is 56.0 Å². The number of hydrogen-bond acceptors (Lipinski definition) is 16. The van der Waals surface area contributed by atoms with Gasteiger partial charge in [-0.15, -0.1) is 15.3 Å². The second-order valence-electron chi connectivity index (χ2n) is 22.1. The highest BCUT2D eigenvalue weighted by Gasteiger charge is 2.66. The van der Waals surface area contributed by atoms with Gasteiger partial charge in [0.2, 0.25) is 5.91 Å². The Labute approximate surface area is 437 Å². The maximum absolute atomic E-state index is 13.3. The number of carboxylic acid groups (broad SMARTS) is 1. The lowest BCUT2D eigenvalue weighted by Crippen LogP contribution is -2.64. The molecule has 0 radical (unpaired) electrons. The highest BCUT2D eigenvalue weighted by Crippen LogP contribution is 2.72.